The highest BCUT2D eigenvalue weighted by molar-refractivity contribution is 6.15. The number of furan rings is 1. The summed E-state index contributed by atoms with van der Waals surface area (Å²) in [6.07, 6.45) is 0. The van der Waals surface area contributed by atoms with E-state index < -0.39 is 0 Å². The van der Waals surface area contributed by atoms with Crippen molar-refractivity contribution >= 4 is 71.6 Å². The van der Waals surface area contributed by atoms with E-state index in [-0.39, 0.29) is 5.41 Å². The summed E-state index contributed by atoms with van der Waals surface area (Å²) in [6.45, 7) is 4.68. The molecule has 0 saturated carbocycles. The van der Waals surface area contributed by atoms with E-state index in [1.807, 2.05) is 6.07 Å². The molecule has 0 unspecified atom stereocenters. The minimum atomic E-state index is -0.0699. The van der Waals surface area contributed by atoms with Gasteiger partial charge in [0.25, 0.3) is 0 Å². The van der Waals surface area contributed by atoms with Gasteiger partial charge in [-0.3, -0.25) is 0 Å². The van der Waals surface area contributed by atoms with Crippen LogP contribution in [0, 0.1) is 0 Å². The van der Waals surface area contributed by atoms with Crippen LogP contribution in [0.4, 0.5) is 17.1 Å². The SMILES string of the molecule is CC1(C)c2ccccc2-c2cc(N(c3ccc4c(c3)c3ccccc3n4-c3ccc4ccccc4c3)c3cccc4oc5ccccc5c34)ccc21. The number of nitrogens with zero attached hydrogens (tertiary/aromatic N) is 2. The summed E-state index contributed by atoms with van der Waals surface area (Å²) in [5.41, 5.74) is 13.9. The van der Waals surface area contributed by atoms with Crippen molar-refractivity contribution in [2.45, 2.75) is 19.3 Å². The molecular formula is C49H34N2O. The van der Waals surface area contributed by atoms with Gasteiger partial charge in [-0.2, -0.15) is 0 Å². The standard InChI is InChI=1S/C49H34N2O/c1-49(2)41-17-8-5-14-36(41)39-29-34(24-26-42(39)49)50(45-19-11-21-47-48(45)38-16-7-10-20-46(38)52-47)35-25-27-44-40(30-35)37-15-6-9-18-43(37)51(44)33-23-22-31-12-3-4-13-32(31)28-33/h3-30H,1-2H3. The number of rotatable bonds is 4. The largest absolute Gasteiger partial charge is 0.456 e. The maximum absolute atomic E-state index is 6.44. The van der Waals surface area contributed by atoms with Crippen LogP contribution in [-0.4, -0.2) is 4.57 Å². The monoisotopic (exact) mass is 666 g/mol. The lowest BCUT2D eigenvalue weighted by atomic mass is 9.82. The van der Waals surface area contributed by atoms with Crippen molar-refractivity contribution in [3.05, 3.63) is 181 Å². The molecule has 1 aliphatic carbocycles. The van der Waals surface area contributed by atoms with Crippen molar-refractivity contribution in [1.29, 1.82) is 0 Å². The van der Waals surface area contributed by atoms with Crippen LogP contribution in [0.1, 0.15) is 25.0 Å². The first-order chi connectivity index (χ1) is 25.5. The van der Waals surface area contributed by atoms with E-state index in [0.29, 0.717) is 0 Å². The molecular weight excluding hydrogens is 633 g/mol. The Morgan fingerprint density at radius 1 is 0.481 bits per heavy atom. The Hall–Kier alpha value is -6.58. The molecule has 52 heavy (non-hydrogen) atoms. The van der Waals surface area contributed by atoms with Crippen LogP contribution >= 0.6 is 0 Å². The summed E-state index contributed by atoms with van der Waals surface area (Å²) in [5.74, 6) is 0. The van der Waals surface area contributed by atoms with Crippen molar-refractivity contribution in [3.8, 4) is 16.8 Å². The van der Waals surface area contributed by atoms with E-state index >= 15 is 0 Å². The Morgan fingerprint density at radius 2 is 1.17 bits per heavy atom. The van der Waals surface area contributed by atoms with E-state index in [9.17, 15) is 0 Å². The van der Waals surface area contributed by atoms with Gasteiger partial charge in [0.1, 0.15) is 11.2 Å². The van der Waals surface area contributed by atoms with E-state index in [0.717, 1.165) is 44.7 Å². The van der Waals surface area contributed by atoms with E-state index in [1.165, 1.54) is 54.8 Å². The molecule has 2 heterocycles. The van der Waals surface area contributed by atoms with Crippen molar-refractivity contribution in [2.24, 2.45) is 0 Å². The summed E-state index contributed by atoms with van der Waals surface area (Å²) in [4.78, 5) is 2.43. The van der Waals surface area contributed by atoms with Crippen LogP contribution in [0.5, 0.6) is 0 Å². The molecule has 3 nitrogen and oxygen atoms in total. The van der Waals surface area contributed by atoms with Crippen LogP contribution < -0.4 is 4.90 Å². The topological polar surface area (TPSA) is 21.3 Å². The van der Waals surface area contributed by atoms with E-state index in [1.54, 1.807) is 0 Å². The zero-order valence-electron chi connectivity index (χ0n) is 29.0. The average molecular weight is 667 g/mol. The van der Waals surface area contributed by atoms with Gasteiger partial charge in [-0.15, -0.1) is 0 Å². The number of aromatic nitrogens is 1. The Bertz CT molecular complexity index is 3070. The molecule has 0 aliphatic heterocycles. The first-order valence-corrected chi connectivity index (χ1v) is 18.0. The Morgan fingerprint density at radius 3 is 2.10 bits per heavy atom. The van der Waals surface area contributed by atoms with Gasteiger partial charge in [0.15, 0.2) is 0 Å². The van der Waals surface area contributed by atoms with Crippen LogP contribution in [-0.2, 0) is 5.41 Å². The lowest BCUT2D eigenvalue weighted by Gasteiger charge is -2.28. The molecule has 0 atom stereocenters. The van der Waals surface area contributed by atoms with Gasteiger partial charge in [0.2, 0.25) is 0 Å². The molecule has 3 heteroatoms. The smallest absolute Gasteiger partial charge is 0.137 e. The van der Waals surface area contributed by atoms with Gasteiger partial charge >= 0.3 is 0 Å². The van der Waals surface area contributed by atoms with Gasteiger partial charge in [-0.05, 0) is 99.8 Å². The molecule has 0 fully saturated rings. The summed E-state index contributed by atoms with van der Waals surface area (Å²) < 4.78 is 8.85. The lowest BCUT2D eigenvalue weighted by molar-refractivity contribution is 0.660. The number of hydrogen-bond donors (Lipinski definition) is 0. The molecule has 0 radical (unpaired) electrons. The first kappa shape index (κ1) is 29.2. The maximum Gasteiger partial charge on any atom is 0.137 e. The number of anilines is 3. The second kappa shape index (κ2) is 10.7. The molecule has 2 aromatic heterocycles. The molecule has 0 N–H and O–H groups in total. The Kier molecular flexibility index (Phi) is 6.01. The first-order valence-electron chi connectivity index (χ1n) is 18.0. The third-order valence-electron chi connectivity index (χ3n) is 11.4. The highest BCUT2D eigenvalue weighted by atomic mass is 16.3. The molecule has 0 bridgehead atoms. The summed E-state index contributed by atoms with van der Waals surface area (Å²) in [6, 6.07) is 61.8. The number of para-hydroxylation sites is 2. The Labute approximate surface area is 301 Å². The second-order valence-electron chi connectivity index (χ2n) is 14.6. The van der Waals surface area contributed by atoms with Gasteiger partial charge in [0.05, 0.1) is 22.1 Å². The average Bonchev–Trinajstić information content (AvgIpc) is 3.81. The van der Waals surface area contributed by atoms with Crippen LogP contribution in [0.3, 0.4) is 0 Å². The van der Waals surface area contributed by atoms with Crippen LogP contribution in [0.2, 0.25) is 0 Å². The van der Waals surface area contributed by atoms with Crippen molar-refractivity contribution in [2.75, 3.05) is 4.90 Å². The number of benzene rings is 8. The Balaban J connectivity index is 1.19. The molecule has 1 aliphatic rings. The predicted molar refractivity (Wildman–Crippen MR) is 218 cm³/mol. The van der Waals surface area contributed by atoms with Gasteiger partial charge in [-0.25, -0.2) is 0 Å². The summed E-state index contributed by atoms with van der Waals surface area (Å²) in [5, 5.41) is 7.13. The fourth-order valence-corrected chi connectivity index (χ4v) is 8.91. The highest BCUT2D eigenvalue weighted by Gasteiger charge is 2.35. The predicted octanol–water partition coefficient (Wildman–Crippen LogP) is 13.6. The fourth-order valence-electron chi connectivity index (χ4n) is 8.91. The summed E-state index contributed by atoms with van der Waals surface area (Å²) >= 11 is 0. The molecule has 0 amide bonds. The molecule has 8 aromatic carbocycles. The highest BCUT2D eigenvalue weighted by Crippen LogP contribution is 2.51. The van der Waals surface area contributed by atoms with Gasteiger partial charge in [-0.1, -0.05) is 117 Å². The number of fused-ring (bicyclic) bond motifs is 10. The third kappa shape index (κ3) is 4.08. The lowest BCUT2D eigenvalue weighted by Crippen LogP contribution is -2.15. The maximum atomic E-state index is 6.44. The van der Waals surface area contributed by atoms with Gasteiger partial charge in [0, 0.05) is 38.6 Å². The van der Waals surface area contributed by atoms with Crippen LogP contribution in [0.25, 0.3) is 71.3 Å². The minimum Gasteiger partial charge on any atom is -0.456 e. The second-order valence-corrected chi connectivity index (χ2v) is 14.6. The molecule has 11 rings (SSSR count). The molecule has 10 aromatic rings. The fraction of sp³-hybridized carbons (Fsp3) is 0.0612. The quantitative estimate of drug-likeness (QED) is 0.186. The minimum absolute atomic E-state index is 0.0699. The van der Waals surface area contributed by atoms with Crippen molar-refractivity contribution < 1.29 is 4.42 Å². The molecule has 0 saturated heterocycles. The van der Waals surface area contributed by atoms with Gasteiger partial charge < -0.3 is 13.9 Å². The van der Waals surface area contributed by atoms with E-state index in [2.05, 4.69) is 187 Å². The zero-order valence-corrected chi connectivity index (χ0v) is 29.0. The molecule has 246 valence electrons. The summed E-state index contributed by atoms with van der Waals surface area (Å²) in [7, 11) is 0. The van der Waals surface area contributed by atoms with Crippen LogP contribution in [0.15, 0.2) is 174 Å². The van der Waals surface area contributed by atoms with E-state index in [4.69, 9.17) is 4.42 Å². The van der Waals surface area contributed by atoms with Crippen molar-refractivity contribution in [3.63, 3.8) is 0 Å². The zero-order chi connectivity index (χ0) is 34.6. The number of hydrogen-bond acceptors (Lipinski definition) is 2. The van der Waals surface area contributed by atoms with Crippen molar-refractivity contribution in [1.82, 2.24) is 4.57 Å². The third-order valence-corrected chi connectivity index (χ3v) is 11.4. The normalized spacial score (nSPS) is 13.3. The molecule has 0 spiro atoms.